The Morgan fingerprint density at radius 1 is 1.41 bits per heavy atom. The Labute approximate surface area is 131 Å². The molecule has 22 heavy (non-hydrogen) atoms. The number of amides is 1. The Hall–Kier alpha value is -1.81. The Morgan fingerprint density at radius 2 is 2.27 bits per heavy atom. The number of carbonyl (C=O) groups excluding carboxylic acids is 1. The highest BCUT2D eigenvalue weighted by Crippen LogP contribution is 2.19. The average Bonchev–Trinajstić information content (AvgIpc) is 2.84. The molecule has 2 heterocycles. The molecule has 0 radical (unpaired) electrons. The lowest BCUT2D eigenvalue weighted by atomic mass is 9.98. The summed E-state index contributed by atoms with van der Waals surface area (Å²) in [6.07, 6.45) is 2.91. The van der Waals surface area contributed by atoms with Gasteiger partial charge in [0.05, 0.1) is 13.2 Å². The summed E-state index contributed by atoms with van der Waals surface area (Å²) in [4.78, 5) is 17.4. The van der Waals surface area contributed by atoms with E-state index < -0.39 is 0 Å². The van der Waals surface area contributed by atoms with Crippen molar-refractivity contribution >= 4 is 16.8 Å². The molecule has 1 aliphatic rings. The van der Waals surface area contributed by atoms with Gasteiger partial charge < -0.3 is 14.6 Å². The van der Waals surface area contributed by atoms with Gasteiger partial charge in [0.15, 0.2) is 0 Å². The second kappa shape index (κ2) is 6.53. The van der Waals surface area contributed by atoms with Crippen LogP contribution in [0.3, 0.4) is 0 Å². The van der Waals surface area contributed by atoms with E-state index in [1.165, 1.54) is 10.9 Å². The summed E-state index contributed by atoms with van der Waals surface area (Å²) in [6.45, 7) is 6.80. The Balaban J connectivity index is 1.71. The molecule has 0 saturated carbocycles. The molecule has 0 unspecified atom stereocenters. The minimum Gasteiger partial charge on any atom is -0.379 e. The molecule has 4 nitrogen and oxygen atoms in total. The number of aromatic amines is 1. The molecular weight excluding hydrogens is 276 g/mol. The van der Waals surface area contributed by atoms with Crippen LogP contribution >= 0.6 is 0 Å². The van der Waals surface area contributed by atoms with E-state index in [1.54, 1.807) is 0 Å². The summed E-state index contributed by atoms with van der Waals surface area (Å²) >= 11 is 0. The quantitative estimate of drug-likeness (QED) is 0.947. The number of fused-ring (bicyclic) bond motifs is 1. The van der Waals surface area contributed by atoms with Crippen LogP contribution in [0.4, 0.5) is 0 Å². The van der Waals surface area contributed by atoms with Crippen LogP contribution in [0.25, 0.3) is 10.9 Å². The summed E-state index contributed by atoms with van der Waals surface area (Å²) in [5.41, 5.74) is 2.47. The third-order valence-electron chi connectivity index (χ3n) is 4.29. The molecule has 1 N–H and O–H groups in total. The molecule has 3 rings (SSSR count). The van der Waals surface area contributed by atoms with Crippen molar-refractivity contribution in [2.75, 3.05) is 26.3 Å². The summed E-state index contributed by atoms with van der Waals surface area (Å²) < 4.78 is 5.71. The highest BCUT2D eigenvalue weighted by molar-refractivity contribution is 5.80. The summed E-state index contributed by atoms with van der Waals surface area (Å²) in [5.74, 6) is 0.646. The minimum absolute atomic E-state index is 0.0509. The van der Waals surface area contributed by atoms with Gasteiger partial charge in [-0.15, -0.1) is 0 Å². The molecule has 118 valence electrons. The van der Waals surface area contributed by atoms with E-state index in [0.29, 0.717) is 19.1 Å². The summed E-state index contributed by atoms with van der Waals surface area (Å²) in [5, 5.41) is 1.24. The molecule has 0 bridgehead atoms. The van der Waals surface area contributed by atoms with Gasteiger partial charge >= 0.3 is 0 Å². The number of hydrogen-bond donors (Lipinski definition) is 1. The highest BCUT2D eigenvalue weighted by Gasteiger charge is 2.24. The number of nitrogens with zero attached hydrogens (tertiary/aromatic N) is 1. The van der Waals surface area contributed by atoms with Gasteiger partial charge in [-0.2, -0.15) is 0 Å². The predicted molar refractivity (Wildman–Crippen MR) is 87.7 cm³/mol. The molecule has 0 spiro atoms. The first-order valence-corrected chi connectivity index (χ1v) is 8.06. The molecule has 4 heteroatoms. The number of H-pyrrole nitrogens is 1. The zero-order valence-corrected chi connectivity index (χ0v) is 13.3. The number of hydrogen-bond acceptors (Lipinski definition) is 2. The monoisotopic (exact) mass is 300 g/mol. The van der Waals surface area contributed by atoms with Gasteiger partial charge in [-0.1, -0.05) is 19.9 Å². The number of benzene rings is 1. The lowest BCUT2D eigenvalue weighted by molar-refractivity contribution is -0.134. The van der Waals surface area contributed by atoms with Gasteiger partial charge in [0.2, 0.25) is 5.91 Å². The third-order valence-corrected chi connectivity index (χ3v) is 4.29. The van der Waals surface area contributed by atoms with E-state index in [2.05, 4.69) is 29.2 Å². The zero-order valence-electron chi connectivity index (χ0n) is 13.3. The largest absolute Gasteiger partial charge is 0.379 e. The lowest BCUT2D eigenvalue weighted by Gasteiger charge is -2.25. The van der Waals surface area contributed by atoms with Crippen LogP contribution in [0.1, 0.15) is 19.4 Å². The Bertz CT molecular complexity index is 647. The van der Waals surface area contributed by atoms with Crippen molar-refractivity contribution in [3.05, 3.63) is 36.0 Å². The minimum atomic E-state index is 0.0509. The second-order valence-corrected chi connectivity index (χ2v) is 6.48. The number of rotatable bonds is 3. The van der Waals surface area contributed by atoms with Crippen LogP contribution in [0, 0.1) is 11.8 Å². The van der Waals surface area contributed by atoms with E-state index in [-0.39, 0.29) is 11.8 Å². The molecule has 1 aliphatic heterocycles. The second-order valence-electron chi connectivity index (χ2n) is 6.48. The molecule has 0 aliphatic carbocycles. The predicted octanol–water partition coefficient (Wildman–Crippen LogP) is 2.84. The van der Waals surface area contributed by atoms with Crippen molar-refractivity contribution in [3.8, 4) is 0 Å². The van der Waals surface area contributed by atoms with Crippen LogP contribution in [-0.4, -0.2) is 42.1 Å². The summed E-state index contributed by atoms with van der Waals surface area (Å²) in [7, 11) is 0. The van der Waals surface area contributed by atoms with Crippen molar-refractivity contribution < 1.29 is 9.53 Å². The SMILES string of the molecule is CC(C)C(=O)N1CCOC[C@@H](Cc2ccc3[nH]ccc3c2)C1. The first-order valence-electron chi connectivity index (χ1n) is 8.06. The van der Waals surface area contributed by atoms with Crippen molar-refractivity contribution in [1.82, 2.24) is 9.88 Å². The van der Waals surface area contributed by atoms with Crippen molar-refractivity contribution in [3.63, 3.8) is 0 Å². The summed E-state index contributed by atoms with van der Waals surface area (Å²) in [6, 6.07) is 8.61. The van der Waals surface area contributed by atoms with Gasteiger partial charge in [0.1, 0.15) is 0 Å². The van der Waals surface area contributed by atoms with Gasteiger partial charge in [-0.25, -0.2) is 0 Å². The highest BCUT2D eigenvalue weighted by atomic mass is 16.5. The van der Waals surface area contributed by atoms with Gasteiger partial charge in [0, 0.05) is 36.6 Å². The smallest absolute Gasteiger partial charge is 0.225 e. The third kappa shape index (κ3) is 3.33. The van der Waals surface area contributed by atoms with Crippen molar-refractivity contribution in [1.29, 1.82) is 0 Å². The fourth-order valence-electron chi connectivity index (χ4n) is 3.13. The van der Waals surface area contributed by atoms with Gasteiger partial charge in [-0.05, 0) is 35.6 Å². The van der Waals surface area contributed by atoms with Crippen LogP contribution in [0.2, 0.25) is 0 Å². The number of ether oxygens (including phenoxy) is 1. The fraction of sp³-hybridized carbons (Fsp3) is 0.500. The fourth-order valence-corrected chi connectivity index (χ4v) is 3.13. The molecular formula is C18H24N2O2. The molecule has 1 aromatic carbocycles. The topological polar surface area (TPSA) is 45.3 Å². The maximum atomic E-state index is 12.3. The molecule has 1 amide bonds. The maximum absolute atomic E-state index is 12.3. The molecule has 1 saturated heterocycles. The van der Waals surface area contributed by atoms with Gasteiger partial charge in [-0.3, -0.25) is 4.79 Å². The van der Waals surface area contributed by atoms with E-state index in [1.807, 2.05) is 24.9 Å². The van der Waals surface area contributed by atoms with Crippen LogP contribution in [-0.2, 0) is 16.0 Å². The number of nitrogens with one attached hydrogen (secondary N) is 1. The first-order chi connectivity index (χ1) is 10.6. The maximum Gasteiger partial charge on any atom is 0.225 e. The number of aromatic nitrogens is 1. The van der Waals surface area contributed by atoms with E-state index in [4.69, 9.17) is 4.74 Å². The average molecular weight is 300 g/mol. The van der Waals surface area contributed by atoms with E-state index in [0.717, 1.165) is 25.1 Å². The Kier molecular flexibility index (Phi) is 4.48. The number of carbonyl (C=O) groups is 1. The molecule has 1 atom stereocenters. The zero-order chi connectivity index (χ0) is 15.5. The van der Waals surface area contributed by atoms with Crippen molar-refractivity contribution in [2.45, 2.75) is 20.3 Å². The van der Waals surface area contributed by atoms with Crippen LogP contribution in [0.15, 0.2) is 30.5 Å². The van der Waals surface area contributed by atoms with E-state index in [9.17, 15) is 4.79 Å². The van der Waals surface area contributed by atoms with Crippen molar-refractivity contribution in [2.24, 2.45) is 11.8 Å². The first kappa shape index (κ1) is 15.1. The normalized spacial score (nSPS) is 19.6. The van der Waals surface area contributed by atoms with Crippen LogP contribution in [0.5, 0.6) is 0 Å². The van der Waals surface area contributed by atoms with Gasteiger partial charge in [0.25, 0.3) is 0 Å². The molecule has 1 fully saturated rings. The lowest BCUT2D eigenvalue weighted by Crippen LogP contribution is -2.38. The molecule has 2 aromatic rings. The molecule has 1 aromatic heterocycles. The van der Waals surface area contributed by atoms with Crippen LogP contribution < -0.4 is 0 Å². The Morgan fingerprint density at radius 3 is 3.09 bits per heavy atom. The standard InChI is InChI=1S/C18H24N2O2/c1-13(2)18(21)20-7-8-22-12-15(11-20)9-14-3-4-17-16(10-14)5-6-19-17/h3-6,10,13,15,19H,7-9,11-12H2,1-2H3/t15-/m0/s1. The van der Waals surface area contributed by atoms with E-state index >= 15 is 0 Å².